The Bertz CT molecular complexity index is 683. The van der Waals surface area contributed by atoms with Crippen LogP contribution in [0, 0.1) is 6.92 Å². The third-order valence-corrected chi connectivity index (χ3v) is 3.26. The zero-order chi connectivity index (χ0) is 16.7. The highest BCUT2D eigenvalue weighted by Crippen LogP contribution is 2.17. The number of amides is 1. The Kier molecular flexibility index (Phi) is 5.74. The van der Waals surface area contributed by atoms with Crippen LogP contribution < -0.4 is 10.1 Å². The van der Waals surface area contributed by atoms with Crippen molar-refractivity contribution in [3.8, 4) is 5.75 Å². The fourth-order valence-electron chi connectivity index (χ4n) is 2.04. The van der Waals surface area contributed by atoms with Crippen LogP contribution >= 0.6 is 0 Å². The Balaban J connectivity index is 1.86. The highest BCUT2D eigenvalue weighted by Gasteiger charge is 2.09. The van der Waals surface area contributed by atoms with E-state index in [2.05, 4.69) is 10.1 Å². The van der Waals surface area contributed by atoms with Crippen LogP contribution in [-0.4, -0.2) is 25.6 Å². The molecule has 0 radical (unpaired) electrons. The summed E-state index contributed by atoms with van der Waals surface area (Å²) < 4.78 is 10.2. The number of esters is 1. The molecule has 0 aromatic heterocycles. The molecule has 0 unspecified atom stereocenters. The van der Waals surface area contributed by atoms with Gasteiger partial charge in [-0.1, -0.05) is 18.2 Å². The zero-order valence-corrected chi connectivity index (χ0v) is 13.2. The molecular weight excluding hydrogens is 294 g/mol. The number of nitrogens with one attached hydrogen (secondary N) is 1. The first-order valence-corrected chi connectivity index (χ1v) is 7.27. The van der Waals surface area contributed by atoms with Crippen molar-refractivity contribution in [1.82, 2.24) is 0 Å². The summed E-state index contributed by atoms with van der Waals surface area (Å²) in [5, 5.41) is 2.81. The fourth-order valence-corrected chi connectivity index (χ4v) is 2.04. The molecule has 0 fully saturated rings. The maximum atomic E-state index is 11.9. The van der Waals surface area contributed by atoms with Gasteiger partial charge in [-0.3, -0.25) is 4.79 Å². The van der Waals surface area contributed by atoms with Gasteiger partial charge in [0, 0.05) is 5.69 Å². The molecule has 0 saturated carbocycles. The smallest absolute Gasteiger partial charge is 0.337 e. The number of aryl methyl sites for hydroxylation is 1. The Labute approximate surface area is 135 Å². The van der Waals surface area contributed by atoms with Crippen LogP contribution in [0.1, 0.15) is 22.3 Å². The molecule has 0 aliphatic rings. The predicted octanol–water partition coefficient (Wildman–Crippen LogP) is 3.19. The summed E-state index contributed by atoms with van der Waals surface area (Å²) in [6, 6.07) is 14.3. The minimum Gasteiger partial charge on any atom is -0.493 e. The van der Waals surface area contributed by atoms with Gasteiger partial charge in [0.05, 0.1) is 25.7 Å². The highest BCUT2D eigenvalue weighted by atomic mass is 16.5. The van der Waals surface area contributed by atoms with Crippen molar-refractivity contribution < 1.29 is 19.1 Å². The van der Waals surface area contributed by atoms with Gasteiger partial charge in [0.2, 0.25) is 5.91 Å². The number of methoxy groups -OCH3 is 1. The van der Waals surface area contributed by atoms with E-state index in [1.165, 1.54) is 7.11 Å². The molecule has 0 spiro atoms. The first-order chi connectivity index (χ1) is 11.1. The zero-order valence-electron chi connectivity index (χ0n) is 13.2. The average molecular weight is 313 g/mol. The molecule has 5 heteroatoms. The third-order valence-electron chi connectivity index (χ3n) is 3.26. The molecule has 0 aliphatic heterocycles. The molecule has 2 aromatic rings. The molecule has 2 aromatic carbocycles. The van der Waals surface area contributed by atoms with Crippen LogP contribution in [0.4, 0.5) is 5.69 Å². The van der Waals surface area contributed by atoms with Crippen molar-refractivity contribution in [2.75, 3.05) is 19.0 Å². The molecule has 23 heavy (non-hydrogen) atoms. The van der Waals surface area contributed by atoms with Crippen molar-refractivity contribution in [1.29, 1.82) is 0 Å². The summed E-state index contributed by atoms with van der Waals surface area (Å²) in [7, 11) is 1.33. The molecular formula is C18H19NO4. The van der Waals surface area contributed by atoms with Crippen molar-refractivity contribution in [3.63, 3.8) is 0 Å². The van der Waals surface area contributed by atoms with Gasteiger partial charge in [-0.15, -0.1) is 0 Å². The van der Waals surface area contributed by atoms with Gasteiger partial charge in [-0.05, 0) is 42.8 Å². The average Bonchev–Trinajstić information content (AvgIpc) is 2.57. The second kappa shape index (κ2) is 7.98. The van der Waals surface area contributed by atoms with Gasteiger partial charge < -0.3 is 14.8 Å². The predicted molar refractivity (Wildman–Crippen MR) is 87.7 cm³/mol. The summed E-state index contributed by atoms with van der Waals surface area (Å²) in [6.45, 7) is 2.12. The van der Waals surface area contributed by atoms with Gasteiger partial charge in [0.15, 0.2) is 0 Å². The summed E-state index contributed by atoms with van der Waals surface area (Å²) in [4.78, 5) is 23.4. The maximum Gasteiger partial charge on any atom is 0.337 e. The monoisotopic (exact) mass is 313 g/mol. The minimum atomic E-state index is -0.401. The normalized spacial score (nSPS) is 10.0. The molecule has 0 atom stereocenters. The van der Waals surface area contributed by atoms with Gasteiger partial charge in [0.25, 0.3) is 0 Å². The lowest BCUT2D eigenvalue weighted by Crippen LogP contribution is -2.16. The summed E-state index contributed by atoms with van der Waals surface area (Å²) in [6.07, 6.45) is 0.243. The molecule has 2 rings (SSSR count). The summed E-state index contributed by atoms with van der Waals surface area (Å²) in [5.74, 6) is 0.191. The van der Waals surface area contributed by atoms with E-state index < -0.39 is 5.97 Å². The molecule has 1 N–H and O–H groups in total. The van der Waals surface area contributed by atoms with E-state index in [-0.39, 0.29) is 12.3 Å². The van der Waals surface area contributed by atoms with Crippen LogP contribution in [0.2, 0.25) is 0 Å². The van der Waals surface area contributed by atoms with Crippen molar-refractivity contribution >= 4 is 17.6 Å². The lowest BCUT2D eigenvalue weighted by Gasteiger charge is -2.10. The first-order valence-electron chi connectivity index (χ1n) is 7.27. The van der Waals surface area contributed by atoms with Gasteiger partial charge in [-0.25, -0.2) is 4.79 Å². The van der Waals surface area contributed by atoms with E-state index >= 15 is 0 Å². The van der Waals surface area contributed by atoms with Crippen molar-refractivity contribution in [2.24, 2.45) is 0 Å². The van der Waals surface area contributed by atoms with Gasteiger partial charge >= 0.3 is 5.97 Å². The standard InChI is InChI=1S/C18H19NO4/c1-13-12-14(18(21)22-2)8-9-16(13)19-17(20)10-11-23-15-6-4-3-5-7-15/h3-9,12H,10-11H2,1-2H3,(H,19,20). The van der Waals surface area contributed by atoms with Crippen molar-refractivity contribution in [3.05, 3.63) is 59.7 Å². The lowest BCUT2D eigenvalue weighted by molar-refractivity contribution is -0.116. The number of hydrogen-bond donors (Lipinski definition) is 1. The molecule has 5 nitrogen and oxygen atoms in total. The number of carbonyl (C=O) groups excluding carboxylic acids is 2. The van der Waals surface area contributed by atoms with Crippen molar-refractivity contribution in [2.45, 2.75) is 13.3 Å². The van der Waals surface area contributed by atoms with Crippen LogP contribution in [0.3, 0.4) is 0 Å². The second-order valence-corrected chi connectivity index (χ2v) is 4.98. The highest BCUT2D eigenvalue weighted by molar-refractivity contribution is 5.94. The molecule has 120 valence electrons. The quantitative estimate of drug-likeness (QED) is 0.832. The van der Waals surface area contributed by atoms with Gasteiger partial charge in [-0.2, -0.15) is 0 Å². The van der Waals surface area contributed by atoms with E-state index in [0.29, 0.717) is 17.9 Å². The number of rotatable bonds is 6. The van der Waals surface area contributed by atoms with E-state index in [1.54, 1.807) is 18.2 Å². The van der Waals surface area contributed by atoms with Crippen LogP contribution in [0.15, 0.2) is 48.5 Å². The Hall–Kier alpha value is -2.82. The number of anilines is 1. The van der Waals surface area contributed by atoms with Crippen LogP contribution in [0.5, 0.6) is 5.75 Å². The van der Waals surface area contributed by atoms with Crippen LogP contribution in [-0.2, 0) is 9.53 Å². The van der Waals surface area contributed by atoms with E-state index in [0.717, 1.165) is 11.3 Å². The Morgan fingerprint density at radius 3 is 2.48 bits per heavy atom. The Morgan fingerprint density at radius 2 is 1.83 bits per heavy atom. The third kappa shape index (κ3) is 4.85. The lowest BCUT2D eigenvalue weighted by atomic mass is 10.1. The largest absolute Gasteiger partial charge is 0.493 e. The Morgan fingerprint density at radius 1 is 1.09 bits per heavy atom. The fraction of sp³-hybridized carbons (Fsp3) is 0.222. The molecule has 0 aliphatic carbocycles. The second-order valence-electron chi connectivity index (χ2n) is 4.98. The minimum absolute atomic E-state index is 0.144. The van der Waals surface area contributed by atoms with E-state index in [4.69, 9.17) is 4.74 Å². The number of carbonyl (C=O) groups is 2. The SMILES string of the molecule is COC(=O)c1ccc(NC(=O)CCOc2ccccc2)c(C)c1. The topological polar surface area (TPSA) is 64.6 Å². The molecule has 1 amide bonds. The number of para-hydroxylation sites is 1. The van der Waals surface area contributed by atoms with Gasteiger partial charge in [0.1, 0.15) is 5.75 Å². The van der Waals surface area contributed by atoms with Crippen LogP contribution in [0.25, 0.3) is 0 Å². The maximum absolute atomic E-state index is 11.9. The molecule has 0 heterocycles. The molecule has 0 bridgehead atoms. The van der Waals surface area contributed by atoms with E-state index in [9.17, 15) is 9.59 Å². The molecule has 0 saturated heterocycles. The first kappa shape index (κ1) is 16.5. The number of hydrogen-bond acceptors (Lipinski definition) is 4. The number of ether oxygens (including phenoxy) is 2. The summed E-state index contributed by atoms with van der Waals surface area (Å²) >= 11 is 0. The number of benzene rings is 2. The summed E-state index contributed by atoms with van der Waals surface area (Å²) in [5.41, 5.74) is 1.92. The van der Waals surface area contributed by atoms with E-state index in [1.807, 2.05) is 37.3 Å².